The van der Waals surface area contributed by atoms with Crippen molar-refractivity contribution < 1.29 is 13.9 Å². The Bertz CT molecular complexity index is 637. The highest BCUT2D eigenvalue weighted by Crippen LogP contribution is 2.29. The number of carbonyl (C=O) groups excluding carboxylic acids is 1. The van der Waals surface area contributed by atoms with Crippen LogP contribution in [0.5, 0.6) is 0 Å². The van der Waals surface area contributed by atoms with E-state index in [-0.39, 0.29) is 0 Å². The Hall–Kier alpha value is -1.65. The third-order valence-corrected chi connectivity index (χ3v) is 3.50. The standard InChI is InChI=1S/C14H13Cl2NO3/c1-8-3-12(16)13(5-11(8)15)17-6-10-4-9(7-20-10)14(18)19-2/h3-5,7,17H,6H2,1-2H3. The summed E-state index contributed by atoms with van der Waals surface area (Å²) in [6, 6.07) is 5.15. The second kappa shape index (κ2) is 6.20. The number of hydrogen-bond donors (Lipinski definition) is 1. The molecule has 0 bridgehead atoms. The predicted octanol–water partition coefficient (Wildman–Crippen LogP) is 4.29. The number of nitrogens with one attached hydrogen (secondary N) is 1. The average molecular weight is 314 g/mol. The van der Waals surface area contributed by atoms with Crippen molar-refractivity contribution in [3.8, 4) is 0 Å². The number of hydrogen-bond acceptors (Lipinski definition) is 4. The number of ether oxygens (including phenoxy) is 1. The lowest BCUT2D eigenvalue weighted by Gasteiger charge is -2.09. The molecule has 1 N–H and O–H groups in total. The molecule has 1 aromatic carbocycles. The Balaban J connectivity index is 2.07. The molecule has 0 amide bonds. The van der Waals surface area contributed by atoms with Gasteiger partial charge in [-0.3, -0.25) is 0 Å². The van der Waals surface area contributed by atoms with Crippen LogP contribution in [0.25, 0.3) is 0 Å². The summed E-state index contributed by atoms with van der Waals surface area (Å²) in [7, 11) is 1.32. The van der Waals surface area contributed by atoms with Crippen LogP contribution in [0.15, 0.2) is 28.9 Å². The van der Waals surface area contributed by atoms with Gasteiger partial charge in [0.05, 0.1) is 29.9 Å². The number of benzene rings is 1. The molecule has 20 heavy (non-hydrogen) atoms. The molecule has 1 heterocycles. The lowest BCUT2D eigenvalue weighted by molar-refractivity contribution is 0.0600. The summed E-state index contributed by atoms with van der Waals surface area (Å²) in [4.78, 5) is 11.3. The Kier molecular flexibility index (Phi) is 4.57. The Labute approximate surface area is 126 Å². The fraction of sp³-hybridized carbons (Fsp3) is 0.214. The summed E-state index contributed by atoms with van der Waals surface area (Å²) in [5, 5.41) is 4.31. The molecule has 0 radical (unpaired) electrons. The minimum Gasteiger partial charge on any atom is -0.467 e. The summed E-state index contributed by atoms with van der Waals surface area (Å²) < 4.78 is 9.87. The van der Waals surface area contributed by atoms with Gasteiger partial charge in [-0.25, -0.2) is 4.79 Å². The average Bonchev–Trinajstić information content (AvgIpc) is 2.89. The van der Waals surface area contributed by atoms with Crippen molar-refractivity contribution in [1.29, 1.82) is 0 Å². The van der Waals surface area contributed by atoms with Crippen LogP contribution < -0.4 is 5.32 Å². The third-order valence-electron chi connectivity index (χ3n) is 2.78. The van der Waals surface area contributed by atoms with Crippen molar-refractivity contribution in [3.05, 3.63) is 51.4 Å². The van der Waals surface area contributed by atoms with Crippen molar-refractivity contribution in [1.82, 2.24) is 0 Å². The normalized spacial score (nSPS) is 10.4. The first kappa shape index (κ1) is 14.8. The number of methoxy groups -OCH3 is 1. The first-order valence-corrected chi connectivity index (χ1v) is 6.62. The van der Waals surface area contributed by atoms with Crippen LogP contribution in [-0.4, -0.2) is 13.1 Å². The third kappa shape index (κ3) is 3.26. The molecule has 0 saturated heterocycles. The minimum absolute atomic E-state index is 0.373. The van der Waals surface area contributed by atoms with Crippen LogP contribution in [0.2, 0.25) is 10.0 Å². The molecule has 0 aliphatic heterocycles. The molecule has 4 nitrogen and oxygen atoms in total. The molecule has 6 heteroatoms. The quantitative estimate of drug-likeness (QED) is 0.855. The lowest BCUT2D eigenvalue weighted by atomic mass is 10.2. The maximum Gasteiger partial charge on any atom is 0.341 e. The van der Waals surface area contributed by atoms with Gasteiger partial charge < -0.3 is 14.5 Å². The lowest BCUT2D eigenvalue weighted by Crippen LogP contribution is -2.00. The monoisotopic (exact) mass is 313 g/mol. The second-order valence-electron chi connectivity index (χ2n) is 4.23. The predicted molar refractivity (Wildman–Crippen MR) is 78.6 cm³/mol. The van der Waals surface area contributed by atoms with E-state index in [2.05, 4.69) is 10.1 Å². The van der Waals surface area contributed by atoms with Gasteiger partial charge in [-0.1, -0.05) is 23.2 Å². The molecule has 0 aliphatic carbocycles. The first-order chi connectivity index (χ1) is 9.51. The summed E-state index contributed by atoms with van der Waals surface area (Å²) in [6.45, 7) is 2.27. The van der Waals surface area contributed by atoms with Gasteiger partial charge in [0, 0.05) is 5.02 Å². The van der Waals surface area contributed by atoms with Gasteiger partial charge in [0.2, 0.25) is 0 Å². The second-order valence-corrected chi connectivity index (χ2v) is 5.04. The van der Waals surface area contributed by atoms with E-state index in [9.17, 15) is 4.79 Å². The van der Waals surface area contributed by atoms with Gasteiger partial charge >= 0.3 is 5.97 Å². The molecule has 106 valence electrons. The summed E-state index contributed by atoms with van der Waals surface area (Å²) in [6.07, 6.45) is 1.35. The summed E-state index contributed by atoms with van der Waals surface area (Å²) >= 11 is 12.2. The molecule has 0 aliphatic rings. The van der Waals surface area contributed by atoms with Crippen molar-refractivity contribution in [3.63, 3.8) is 0 Å². The van der Waals surface area contributed by atoms with E-state index in [0.717, 1.165) is 5.56 Å². The number of halogens is 2. The van der Waals surface area contributed by atoms with Gasteiger partial charge in [0.1, 0.15) is 12.0 Å². The Morgan fingerprint density at radius 1 is 1.30 bits per heavy atom. The van der Waals surface area contributed by atoms with Crippen molar-refractivity contribution in [2.75, 3.05) is 12.4 Å². The zero-order chi connectivity index (χ0) is 14.7. The molecule has 0 atom stereocenters. The topological polar surface area (TPSA) is 51.5 Å². The van der Waals surface area contributed by atoms with E-state index in [1.165, 1.54) is 13.4 Å². The van der Waals surface area contributed by atoms with E-state index >= 15 is 0 Å². The zero-order valence-electron chi connectivity index (χ0n) is 11.0. The van der Waals surface area contributed by atoms with Crippen molar-refractivity contribution in [2.45, 2.75) is 13.5 Å². The maximum absolute atomic E-state index is 11.3. The zero-order valence-corrected chi connectivity index (χ0v) is 12.5. The van der Waals surface area contributed by atoms with E-state index in [1.54, 1.807) is 18.2 Å². The summed E-state index contributed by atoms with van der Waals surface area (Å²) in [5.74, 6) is 0.162. The molecular formula is C14H13Cl2NO3. The van der Waals surface area contributed by atoms with Crippen LogP contribution >= 0.6 is 23.2 Å². The molecule has 1 aromatic heterocycles. The largest absolute Gasteiger partial charge is 0.467 e. The molecule has 2 aromatic rings. The van der Waals surface area contributed by atoms with E-state index < -0.39 is 5.97 Å². The number of anilines is 1. The molecule has 2 rings (SSSR count). The Morgan fingerprint density at radius 2 is 2.05 bits per heavy atom. The van der Waals surface area contributed by atoms with E-state index in [0.29, 0.717) is 33.6 Å². The number of carbonyl (C=O) groups is 1. The highest BCUT2D eigenvalue weighted by atomic mass is 35.5. The van der Waals surface area contributed by atoms with Gasteiger partial charge in [0.25, 0.3) is 0 Å². The van der Waals surface area contributed by atoms with Gasteiger partial charge in [-0.2, -0.15) is 0 Å². The van der Waals surface area contributed by atoms with Crippen LogP contribution in [0.1, 0.15) is 21.7 Å². The van der Waals surface area contributed by atoms with E-state index in [1.807, 2.05) is 6.92 Å². The highest BCUT2D eigenvalue weighted by Gasteiger charge is 2.11. The van der Waals surface area contributed by atoms with Crippen LogP contribution in [-0.2, 0) is 11.3 Å². The Morgan fingerprint density at radius 3 is 2.75 bits per heavy atom. The smallest absolute Gasteiger partial charge is 0.341 e. The highest BCUT2D eigenvalue weighted by molar-refractivity contribution is 6.35. The van der Waals surface area contributed by atoms with E-state index in [4.69, 9.17) is 27.6 Å². The van der Waals surface area contributed by atoms with Crippen LogP contribution in [0, 0.1) is 6.92 Å². The molecule has 0 unspecified atom stereocenters. The molecule has 0 saturated carbocycles. The van der Waals surface area contributed by atoms with Crippen molar-refractivity contribution in [2.24, 2.45) is 0 Å². The SMILES string of the molecule is COC(=O)c1coc(CNc2cc(Cl)c(C)cc2Cl)c1. The number of rotatable bonds is 4. The fourth-order valence-corrected chi connectivity index (χ4v) is 2.11. The van der Waals surface area contributed by atoms with Crippen LogP contribution in [0.3, 0.4) is 0 Å². The molecule has 0 fully saturated rings. The minimum atomic E-state index is -0.434. The van der Waals surface area contributed by atoms with Gasteiger partial charge in [-0.05, 0) is 30.7 Å². The number of furan rings is 1. The molecule has 0 spiro atoms. The van der Waals surface area contributed by atoms with Crippen LogP contribution in [0.4, 0.5) is 5.69 Å². The van der Waals surface area contributed by atoms with Gasteiger partial charge in [0.15, 0.2) is 0 Å². The molecular weight excluding hydrogens is 301 g/mol. The number of esters is 1. The maximum atomic E-state index is 11.3. The summed E-state index contributed by atoms with van der Waals surface area (Å²) in [5.41, 5.74) is 1.99. The first-order valence-electron chi connectivity index (χ1n) is 5.86. The van der Waals surface area contributed by atoms with Gasteiger partial charge in [-0.15, -0.1) is 0 Å². The number of aryl methyl sites for hydroxylation is 1. The fourth-order valence-electron chi connectivity index (χ4n) is 1.66. The van der Waals surface area contributed by atoms with Crippen molar-refractivity contribution >= 4 is 34.9 Å².